The van der Waals surface area contributed by atoms with Crippen LogP contribution in [0.15, 0.2) is 0 Å². The van der Waals surface area contributed by atoms with Gasteiger partial charge in [-0.25, -0.2) is 0 Å². The third-order valence-corrected chi connectivity index (χ3v) is 0. The van der Waals surface area contributed by atoms with Crippen LogP contribution in [0.5, 0.6) is 0 Å². The molecule has 0 aliphatic rings. The zero-order valence-electron chi connectivity index (χ0n) is 3.12. The monoisotopic (exact) mass is 308 g/mol. The quantitative estimate of drug-likeness (QED) is 0.409. The van der Waals surface area contributed by atoms with E-state index in [2.05, 4.69) is 0 Å². The smallest absolute Gasteiger partial charge is 0.412 e. The fourth-order valence-electron chi connectivity index (χ4n) is 0. The third-order valence-electron chi connectivity index (χ3n) is 0. The van der Waals surface area contributed by atoms with E-state index in [9.17, 15) is 0 Å². The average molecular weight is 305 g/mol. The van der Waals surface area contributed by atoms with Crippen molar-refractivity contribution >= 4 is 48.9 Å². The maximum atomic E-state index is 0. The van der Waals surface area contributed by atoms with E-state index in [0.29, 0.717) is 0 Å². The van der Waals surface area contributed by atoms with Gasteiger partial charge in [-0.2, -0.15) is 0 Å². The molecule has 0 aliphatic heterocycles. The second-order valence-corrected chi connectivity index (χ2v) is 0. The maximum Gasteiger partial charge on any atom is 2.00 e. The van der Waals surface area contributed by atoms with Crippen LogP contribution in [0.25, 0.3) is 0 Å². The van der Waals surface area contributed by atoms with Crippen LogP contribution < -0.4 is 0 Å². The van der Waals surface area contributed by atoms with E-state index >= 15 is 0 Å². The van der Waals surface area contributed by atoms with E-state index in [1.807, 2.05) is 0 Å². The Kier molecular flexibility index (Phi) is 925. The Morgan fingerprint density at radius 3 is 0.500 bits per heavy atom. The Labute approximate surface area is 90.3 Å². The van der Waals surface area contributed by atoms with Crippen LogP contribution in [-0.2, 0) is 21.1 Å². The van der Waals surface area contributed by atoms with Crippen LogP contribution in [0.3, 0.4) is 0 Å². The second-order valence-electron chi connectivity index (χ2n) is 0. The minimum Gasteiger partial charge on any atom is -0.412 e. The zero-order valence-corrected chi connectivity index (χ0v) is 9.56. The Morgan fingerprint density at radius 2 is 0.500 bits per heavy atom. The van der Waals surface area contributed by atoms with Crippen molar-refractivity contribution in [2.75, 3.05) is 0 Å². The predicted octanol–water partition coefficient (Wildman–Crippen LogP) is -3.68. The van der Waals surface area contributed by atoms with Gasteiger partial charge in [-0.3, -0.25) is 0 Å². The molecule has 0 spiro atoms. The summed E-state index contributed by atoms with van der Waals surface area (Å²) < 4.78 is 0. The van der Waals surface area contributed by atoms with Gasteiger partial charge in [0.05, 0.1) is 0 Å². The third kappa shape index (κ3) is 36.0. The molecule has 6 heavy (non-hydrogen) atoms. The summed E-state index contributed by atoms with van der Waals surface area (Å²) >= 11 is 0. The Bertz CT molecular complexity index is 7.51. The van der Waals surface area contributed by atoms with Gasteiger partial charge in [0.2, 0.25) is 0 Å². The molecule has 0 aromatic carbocycles. The minimum atomic E-state index is 0. The molecule has 8 N–H and O–H groups in total. The van der Waals surface area contributed by atoms with Gasteiger partial charge in [0.25, 0.3) is 0 Å². The van der Waals surface area contributed by atoms with Crippen LogP contribution in [0.1, 0.15) is 0 Å². The SMILES string of the molecule is O.O.O.O.[Ba+2].[Mo]. The van der Waals surface area contributed by atoms with Crippen molar-refractivity contribution in [2.45, 2.75) is 0 Å². The number of hydrogen-bond acceptors (Lipinski definition) is 0. The molecule has 0 atom stereocenters. The van der Waals surface area contributed by atoms with Gasteiger partial charge in [-0.15, -0.1) is 0 Å². The zero-order chi connectivity index (χ0) is 0. The van der Waals surface area contributed by atoms with Crippen LogP contribution in [-0.4, -0.2) is 70.8 Å². The molecule has 38 valence electrons. The predicted molar refractivity (Wildman–Crippen MR) is 20.2 cm³/mol. The van der Waals surface area contributed by atoms with E-state index in [1.54, 1.807) is 0 Å². The molecular weight excluding hydrogens is 297 g/mol. The first-order valence-electron chi connectivity index (χ1n) is 0. The molecule has 0 saturated heterocycles. The molecule has 0 aromatic rings. The number of rotatable bonds is 0. The van der Waals surface area contributed by atoms with Gasteiger partial charge < -0.3 is 21.9 Å². The minimum absolute atomic E-state index is 0. The summed E-state index contributed by atoms with van der Waals surface area (Å²) in [5.41, 5.74) is 0. The van der Waals surface area contributed by atoms with Crippen LogP contribution in [0.4, 0.5) is 0 Å². The van der Waals surface area contributed by atoms with Gasteiger partial charge in [-0.05, 0) is 0 Å². The molecule has 0 bridgehead atoms. The van der Waals surface area contributed by atoms with Crippen LogP contribution in [0, 0.1) is 0 Å². The summed E-state index contributed by atoms with van der Waals surface area (Å²) in [5, 5.41) is 0. The molecule has 0 fully saturated rings. The van der Waals surface area contributed by atoms with Gasteiger partial charge in [0.15, 0.2) is 0 Å². The fraction of sp³-hybridized carbons (Fsp3) is 0. The Hall–Kier alpha value is 2.10. The number of hydrogen-bond donors (Lipinski definition) is 0. The van der Waals surface area contributed by atoms with Crippen LogP contribution >= 0.6 is 0 Å². The first-order valence-corrected chi connectivity index (χ1v) is 0. The molecule has 0 saturated carbocycles. The van der Waals surface area contributed by atoms with Gasteiger partial charge in [-0.1, -0.05) is 0 Å². The second kappa shape index (κ2) is 59.9. The Morgan fingerprint density at radius 1 is 0.500 bits per heavy atom. The summed E-state index contributed by atoms with van der Waals surface area (Å²) in [6.07, 6.45) is 0. The molecule has 0 amide bonds. The molecule has 0 radical (unpaired) electrons. The van der Waals surface area contributed by atoms with Crippen molar-refractivity contribution in [3.05, 3.63) is 0 Å². The molecule has 0 heterocycles. The van der Waals surface area contributed by atoms with Crippen molar-refractivity contribution in [2.24, 2.45) is 0 Å². The van der Waals surface area contributed by atoms with Gasteiger partial charge in [0, 0.05) is 21.1 Å². The molecule has 0 rings (SSSR count). The van der Waals surface area contributed by atoms with Crippen molar-refractivity contribution < 1.29 is 43.0 Å². The maximum absolute atomic E-state index is 0. The fourth-order valence-corrected chi connectivity index (χ4v) is 0. The first-order chi connectivity index (χ1) is 0. The molecular formula is H8BaMoO4+2. The van der Waals surface area contributed by atoms with E-state index in [-0.39, 0.29) is 91.9 Å². The van der Waals surface area contributed by atoms with Gasteiger partial charge >= 0.3 is 48.9 Å². The van der Waals surface area contributed by atoms with E-state index in [0.717, 1.165) is 0 Å². The van der Waals surface area contributed by atoms with Crippen molar-refractivity contribution in [1.29, 1.82) is 0 Å². The van der Waals surface area contributed by atoms with Gasteiger partial charge in [0.1, 0.15) is 0 Å². The largest absolute Gasteiger partial charge is 2.00 e. The Balaban J connectivity index is 0. The van der Waals surface area contributed by atoms with E-state index < -0.39 is 0 Å². The summed E-state index contributed by atoms with van der Waals surface area (Å²) in [4.78, 5) is 0. The topological polar surface area (TPSA) is 126 Å². The van der Waals surface area contributed by atoms with Crippen molar-refractivity contribution in [3.8, 4) is 0 Å². The standard InChI is InChI=1S/Ba.Mo.4H2O/h;;4*1H2/q+2;;;;;. The molecule has 0 unspecified atom stereocenters. The van der Waals surface area contributed by atoms with E-state index in [4.69, 9.17) is 0 Å². The summed E-state index contributed by atoms with van der Waals surface area (Å²) in [5.74, 6) is 0. The molecule has 0 aliphatic carbocycles. The molecule has 6 heteroatoms. The normalized spacial score (nSPS) is 0. The first kappa shape index (κ1) is 92.6. The van der Waals surface area contributed by atoms with Crippen molar-refractivity contribution in [1.82, 2.24) is 0 Å². The molecule has 0 aromatic heterocycles. The molecule has 4 nitrogen and oxygen atoms in total. The summed E-state index contributed by atoms with van der Waals surface area (Å²) in [7, 11) is 0. The van der Waals surface area contributed by atoms with Crippen LogP contribution in [0.2, 0.25) is 0 Å². The van der Waals surface area contributed by atoms with E-state index in [1.165, 1.54) is 0 Å². The average Bonchev–Trinajstić information content (AvgIpc) is 0. The summed E-state index contributed by atoms with van der Waals surface area (Å²) in [6.45, 7) is 0. The van der Waals surface area contributed by atoms with Crippen molar-refractivity contribution in [3.63, 3.8) is 0 Å². The summed E-state index contributed by atoms with van der Waals surface area (Å²) in [6, 6.07) is 0.